The van der Waals surface area contributed by atoms with Crippen LogP contribution in [0.5, 0.6) is 0 Å². The van der Waals surface area contributed by atoms with Gasteiger partial charge in [-0.3, -0.25) is 14.7 Å². The fourth-order valence-corrected chi connectivity index (χ4v) is 2.90. The van der Waals surface area contributed by atoms with Gasteiger partial charge in [-0.2, -0.15) is 23.4 Å². The van der Waals surface area contributed by atoms with Crippen molar-refractivity contribution in [1.29, 1.82) is 0 Å². The van der Waals surface area contributed by atoms with Crippen molar-refractivity contribution in [1.82, 2.24) is 24.9 Å². The number of hydrogen-bond acceptors (Lipinski definition) is 3. The van der Waals surface area contributed by atoms with Gasteiger partial charge in [0.1, 0.15) is 0 Å². The second-order valence-electron chi connectivity index (χ2n) is 6.03. The second kappa shape index (κ2) is 6.35. The molecule has 126 valence electrons. The molecule has 2 aromatic rings. The van der Waals surface area contributed by atoms with Crippen LogP contribution in [0.25, 0.3) is 11.4 Å². The Kier molecular flexibility index (Phi) is 4.43. The Morgan fingerprint density at radius 1 is 1.39 bits per heavy atom. The SMILES string of the molecule is Cn1nccc1-c1[nH]ncc1CN(CCC(F)(F)F)C1CCC1. The molecule has 1 fully saturated rings. The number of halogens is 3. The summed E-state index contributed by atoms with van der Waals surface area (Å²) in [4.78, 5) is 1.93. The van der Waals surface area contributed by atoms with Crippen molar-refractivity contribution in [2.24, 2.45) is 7.05 Å². The van der Waals surface area contributed by atoms with Crippen molar-refractivity contribution >= 4 is 0 Å². The Morgan fingerprint density at radius 3 is 2.74 bits per heavy atom. The zero-order valence-electron chi connectivity index (χ0n) is 13.0. The summed E-state index contributed by atoms with van der Waals surface area (Å²) >= 11 is 0. The van der Waals surface area contributed by atoms with Gasteiger partial charge in [0, 0.05) is 37.9 Å². The van der Waals surface area contributed by atoms with Gasteiger partial charge in [0.25, 0.3) is 0 Å². The molecule has 3 rings (SSSR count). The van der Waals surface area contributed by atoms with Gasteiger partial charge in [-0.05, 0) is 18.9 Å². The fraction of sp³-hybridized carbons (Fsp3) is 0.600. The fourth-order valence-electron chi connectivity index (χ4n) is 2.90. The van der Waals surface area contributed by atoms with E-state index in [-0.39, 0.29) is 12.6 Å². The van der Waals surface area contributed by atoms with Crippen LogP contribution in [0, 0.1) is 0 Å². The maximum Gasteiger partial charge on any atom is 0.390 e. The summed E-state index contributed by atoms with van der Waals surface area (Å²) in [5.74, 6) is 0. The van der Waals surface area contributed by atoms with E-state index in [1.54, 1.807) is 17.1 Å². The van der Waals surface area contributed by atoms with Gasteiger partial charge in [-0.15, -0.1) is 0 Å². The summed E-state index contributed by atoms with van der Waals surface area (Å²) in [5.41, 5.74) is 2.60. The molecule has 8 heteroatoms. The van der Waals surface area contributed by atoms with E-state index in [1.165, 1.54) is 0 Å². The largest absolute Gasteiger partial charge is 0.390 e. The molecule has 0 saturated heterocycles. The number of nitrogens with one attached hydrogen (secondary N) is 1. The summed E-state index contributed by atoms with van der Waals surface area (Å²) in [5, 5.41) is 11.1. The van der Waals surface area contributed by atoms with Crippen LogP contribution in [-0.4, -0.2) is 43.6 Å². The molecule has 0 atom stereocenters. The minimum absolute atomic E-state index is 0.0319. The average molecular weight is 327 g/mol. The molecule has 0 unspecified atom stereocenters. The molecular formula is C15H20F3N5. The number of nitrogens with zero attached hydrogens (tertiary/aromatic N) is 4. The van der Waals surface area contributed by atoms with Crippen LogP contribution in [0.2, 0.25) is 0 Å². The molecule has 23 heavy (non-hydrogen) atoms. The highest BCUT2D eigenvalue weighted by atomic mass is 19.4. The predicted octanol–water partition coefficient (Wildman–Crippen LogP) is 3.12. The zero-order valence-corrected chi connectivity index (χ0v) is 13.0. The maximum absolute atomic E-state index is 12.6. The molecule has 0 aliphatic heterocycles. The number of aryl methyl sites for hydroxylation is 1. The van der Waals surface area contributed by atoms with Crippen LogP contribution >= 0.6 is 0 Å². The molecule has 1 aliphatic rings. The number of alkyl halides is 3. The third-order valence-corrected chi connectivity index (χ3v) is 4.44. The van der Waals surface area contributed by atoms with Gasteiger partial charge in [-0.25, -0.2) is 0 Å². The predicted molar refractivity (Wildman–Crippen MR) is 79.5 cm³/mol. The van der Waals surface area contributed by atoms with Crippen molar-refractivity contribution in [2.45, 2.75) is 44.4 Å². The molecule has 0 radical (unpaired) electrons. The van der Waals surface area contributed by atoms with Crippen LogP contribution in [0.3, 0.4) is 0 Å². The molecule has 0 spiro atoms. The normalized spacial score (nSPS) is 16.0. The van der Waals surface area contributed by atoms with E-state index in [2.05, 4.69) is 15.3 Å². The molecule has 1 N–H and O–H groups in total. The Morgan fingerprint density at radius 2 is 2.17 bits per heavy atom. The van der Waals surface area contributed by atoms with Crippen LogP contribution in [-0.2, 0) is 13.6 Å². The molecule has 1 aliphatic carbocycles. The number of rotatable bonds is 6. The van der Waals surface area contributed by atoms with Crippen molar-refractivity contribution in [3.05, 3.63) is 24.0 Å². The molecular weight excluding hydrogens is 307 g/mol. The average Bonchev–Trinajstić information content (AvgIpc) is 3.01. The Labute approximate surface area is 132 Å². The molecule has 1 saturated carbocycles. The Bertz CT molecular complexity index is 642. The lowest BCUT2D eigenvalue weighted by Crippen LogP contribution is -2.41. The summed E-state index contributed by atoms with van der Waals surface area (Å²) in [6, 6.07) is 2.10. The highest BCUT2D eigenvalue weighted by Crippen LogP contribution is 2.30. The topological polar surface area (TPSA) is 49.7 Å². The number of aromatic nitrogens is 4. The van der Waals surface area contributed by atoms with E-state index in [4.69, 9.17) is 0 Å². The highest BCUT2D eigenvalue weighted by molar-refractivity contribution is 5.58. The van der Waals surface area contributed by atoms with E-state index >= 15 is 0 Å². The smallest absolute Gasteiger partial charge is 0.296 e. The molecule has 0 aromatic carbocycles. The number of H-pyrrole nitrogens is 1. The van der Waals surface area contributed by atoms with Gasteiger partial charge < -0.3 is 0 Å². The van der Waals surface area contributed by atoms with Gasteiger partial charge in [0.2, 0.25) is 0 Å². The monoisotopic (exact) mass is 327 g/mol. The molecule has 2 aromatic heterocycles. The second-order valence-corrected chi connectivity index (χ2v) is 6.03. The van der Waals surface area contributed by atoms with Crippen molar-refractivity contribution in [3.63, 3.8) is 0 Å². The summed E-state index contributed by atoms with van der Waals surface area (Å²) in [6.07, 6.45) is 1.52. The van der Waals surface area contributed by atoms with Gasteiger partial charge in [0.15, 0.2) is 0 Å². The first-order valence-electron chi connectivity index (χ1n) is 7.75. The number of aromatic amines is 1. The first kappa shape index (κ1) is 16.0. The minimum atomic E-state index is -4.12. The lowest BCUT2D eigenvalue weighted by molar-refractivity contribution is -0.140. The van der Waals surface area contributed by atoms with Gasteiger partial charge in [-0.1, -0.05) is 6.42 Å². The Balaban J connectivity index is 1.75. The first-order valence-corrected chi connectivity index (χ1v) is 7.75. The highest BCUT2D eigenvalue weighted by Gasteiger charge is 2.32. The lowest BCUT2D eigenvalue weighted by Gasteiger charge is -2.37. The maximum atomic E-state index is 12.6. The summed E-state index contributed by atoms with van der Waals surface area (Å²) in [7, 11) is 1.83. The minimum Gasteiger partial charge on any atom is -0.296 e. The van der Waals surface area contributed by atoms with E-state index in [9.17, 15) is 13.2 Å². The van der Waals surface area contributed by atoms with E-state index in [1.807, 2.05) is 18.0 Å². The third-order valence-electron chi connectivity index (χ3n) is 4.44. The van der Waals surface area contributed by atoms with Gasteiger partial charge in [0.05, 0.1) is 24.0 Å². The van der Waals surface area contributed by atoms with E-state index in [0.29, 0.717) is 6.54 Å². The van der Waals surface area contributed by atoms with Crippen molar-refractivity contribution in [2.75, 3.05) is 6.54 Å². The number of hydrogen-bond donors (Lipinski definition) is 1. The molecule has 0 amide bonds. The molecule has 0 bridgehead atoms. The summed E-state index contributed by atoms with van der Waals surface area (Å²) in [6.45, 7) is 0.502. The molecule has 5 nitrogen and oxygen atoms in total. The first-order chi connectivity index (χ1) is 10.9. The van der Waals surface area contributed by atoms with E-state index in [0.717, 1.165) is 36.2 Å². The van der Waals surface area contributed by atoms with E-state index < -0.39 is 12.6 Å². The van der Waals surface area contributed by atoms with Crippen LogP contribution < -0.4 is 0 Å². The van der Waals surface area contributed by atoms with Crippen molar-refractivity contribution < 1.29 is 13.2 Å². The Hall–Kier alpha value is -1.83. The zero-order chi connectivity index (χ0) is 16.4. The lowest BCUT2D eigenvalue weighted by atomic mass is 9.91. The third kappa shape index (κ3) is 3.74. The van der Waals surface area contributed by atoms with Crippen LogP contribution in [0.4, 0.5) is 13.2 Å². The quantitative estimate of drug-likeness (QED) is 0.887. The standard InChI is InChI=1S/C15H20F3N5/c1-22-13(5-7-20-22)14-11(9-19-21-14)10-23(12-3-2-4-12)8-6-15(16,17)18/h5,7,9,12H,2-4,6,8,10H2,1H3,(H,19,21). The van der Waals surface area contributed by atoms with Crippen LogP contribution in [0.1, 0.15) is 31.2 Å². The summed E-state index contributed by atoms with van der Waals surface area (Å²) < 4.78 is 39.5. The van der Waals surface area contributed by atoms with Crippen LogP contribution in [0.15, 0.2) is 18.5 Å². The van der Waals surface area contributed by atoms with Gasteiger partial charge >= 0.3 is 6.18 Å². The molecule has 2 heterocycles. The van der Waals surface area contributed by atoms with Crippen molar-refractivity contribution in [3.8, 4) is 11.4 Å².